The van der Waals surface area contributed by atoms with E-state index in [2.05, 4.69) is 20.4 Å². The molecular formula is C14H17N5O2. The van der Waals surface area contributed by atoms with Crippen molar-refractivity contribution in [2.24, 2.45) is 0 Å². The zero-order chi connectivity index (χ0) is 14.9. The van der Waals surface area contributed by atoms with Crippen LogP contribution in [0.1, 0.15) is 34.6 Å². The molecule has 0 aliphatic carbocycles. The number of β-amino-alcohol motifs (C(OH)–C–C–N with tert-alkyl or cyclic N) is 1. The monoisotopic (exact) mass is 287 g/mol. The van der Waals surface area contributed by atoms with Gasteiger partial charge in [-0.1, -0.05) is 0 Å². The standard InChI is InChI=1S/C14H17N5O2/c1-10-11(4-2-6-15-10)13(20)19-7-3-5-14(21,9-19)12-8-16-18-17-12/h2,4,6,8,21H,3,5,7,9H2,1H3,(H,16,17,18). The van der Waals surface area contributed by atoms with Gasteiger partial charge in [-0.15, -0.1) is 0 Å². The number of piperidine rings is 1. The molecule has 0 radical (unpaired) electrons. The maximum absolute atomic E-state index is 12.6. The Morgan fingerprint density at radius 1 is 1.52 bits per heavy atom. The molecule has 1 atom stereocenters. The van der Waals surface area contributed by atoms with E-state index in [9.17, 15) is 9.90 Å². The number of hydrogen-bond acceptors (Lipinski definition) is 5. The van der Waals surface area contributed by atoms with Crippen molar-refractivity contribution in [2.75, 3.05) is 13.1 Å². The van der Waals surface area contributed by atoms with E-state index in [0.29, 0.717) is 36.3 Å². The van der Waals surface area contributed by atoms with Crippen molar-refractivity contribution in [2.45, 2.75) is 25.4 Å². The van der Waals surface area contributed by atoms with Crippen molar-refractivity contribution < 1.29 is 9.90 Å². The van der Waals surface area contributed by atoms with Crippen LogP contribution in [-0.4, -0.2) is 49.4 Å². The van der Waals surface area contributed by atoms with Gasteiger partial charge in [-0.25, -0.2) is 0 Å². The lowest BCUT2D eigenvalue weighted by atomic mass is 9.89. The molecule has 3 rings (SSSR count). The summed E-state index contributed by atoms with van der Waals surface area (Å²) in [6.07, 6.45) is 4.45. The largest absolute Gasteiger partial charge is 0.382 e. The second-order valence-corrected chi connectivity index (χ2v) is 5.35. The number of aromatic amines is 1. The zero-order valence-electron chi connectivity index (χ0n) is 11.8. The van der Waals surface area contributed by atoms with Gasteiger partial charge in [0.05, 0.1) is 18.3 Å². The number of nitrogens with zero attached hydrogens (tertiary/aromatic N) is 4. The van der Waals surface area contributed by atoms with E-state index in [1.54, 1.807) is 30.2 Å². The predicted octanol–water partition coefficient (Wildman–Crippen LogP) is 0.632. The van der Waals surface area contributed by atoms with Crippen LogP contribution >= 0.6 is 0 Å². The number of H-pyrrole nitrogens is 1. The van der Waals surface area contributed by atoms with Crippen molar-refractivity contribution in [1.29, 1.82) is 0 Å². The van der Waals surface area contributed by atoms with E-state index < -0.39 is 5.60 Å². The van der Waals surface area contributed by atoms with Gasteiger partial charge < -0.3 is 10.0 Å². The van der Waals surface area contributed by atoms with Crippen LogP contribution in [-0.2, 0) is 5.60 Å². The molecule has 7 nitrogen and oxygen atoms in total. The first-order valence-electron chi connectivity index (χ1n) is 6.90. The van der Waals surface area contributed by atoms with E-state index >= 15 is 0 Å². The Labute approximate surface area is 122 Å². The van der Waals surface area contributed by atoms with Gasteiger partial charge in [-0.2, -0.15) is 15.4 Å². The number of hydrogen-bond donors (Lipinski definition) is 2. The predicted molar refractivity (Wildman–Crippen MR) is 74.4 cm³/mol. The first kappa shape index (κ1) is 13.7. The Morgan fingerprint density at radius 2 is 2.38 bits per heavy atom. The maximum Gasteiger partial charge on any atom is 0.255 e. The minimum absolute atomic E-state index is 0.109. The molecule has 0 saturated carbocycles. The lowest BCUT2D eigenvalue weighted by Crippen LogP contribution is -2.48. The van der Waals surface area contributed by atoms with Crippen molar-refractivity contribution in [3.8, 4) is 0 Å². The first-order chi connectivity index (χ1) is 10.1. The molecule has 1 saturated heterocycles. The summed E-state index contributed by atoms with van der Waals surface area (Å²) in [7, 11) is 0. The van der Waals surface area contributed by atoms with Crippen molar-refractivity contribution in [3.63, 3.8) is 0 Å². The fraction of sp³-hybridized carbons (Fsp3) is 0.429. The third-order valence-electron chi connectivity index (χ3n) is 3.89. The van der Waals surface area contributed by atoms with Gasteiger partial charge in [-0.3, -0.25) is 9.78 Å². The quantitative estimate of drug-likeness (QED) is 0.845. The summed E-state index contributed by atoms with van der Waals surface area (Å²) in [6.45, 7) is 2.64. The Balaban J connectivity index is 1.84. The summed E-state index contributed by atoms with van der Waals surface area (Å²) in [4.78, 5) is 18.4. The molecule has 1 unspecified atom stereocenters. The number of aryl methyl sites for hydroxylation is 1. The zero-order valence-corrected chi connectivity index (χ0v) is 11.8. The van der Waals surface area contributed by atoms with Gasteiger partial charge in [0.1, 0.15) is 11.3 Å². The molecule has 3 heterocycles. The number of carbonyl (C=O) groups excluding carboxylic acids is 1. The van der Waals surface area contributed by atoms with Crippen LogP contribution in [0.2, 0.25) is 0 Å². The van der Waals surface area contributed by atoms with Crippen LogP contribution in [0.5, 0.6) is 0 Å². The van der Waals surface area contributed by atoms with E-state index in [-0.39, 0.29) is 12.5 Å². The molecule has 2 aromatic heterocycles. The Hall–Kier alpha value is -2.28. The van der Waals surface area contributed by atoms with Gasteiger partial charge >= 0.3 is 0 Å². The van der Waals surface area contributed by atoms with Crippen molar-refractivity contribution >= 4 is 5.91 Å². The van der Waals surface area contributed by atoms with E-state index in [1.807, 2.05) is 0 Å². The molecule has 1 amide bonds. The molecule has 0 aromatic carbocycles. The Kier molecular flexibility index (Phi) is 3.42. The highest BCUT2D eigenvalue weighted by Crippen LogP contribution is 2.30. The summed E-state index contributed by atoms with van der Waals surface area (Å²) >= 11 is 0. The number of aliphatic hydroxyl groups is 1. The molecule has 0 spiro atoms. The van der Waals surface area contributed by atoms with Gasteiger partial charge in [0.15, 0.2) is 0 Å². The topological polar surface area (TPSA) is 95.0 Å². The summed E-state index contributed by atoms with van der Waals surface area (Å²) in [5, 5.41) is 20.9. The number of likely N-dealkylation sites (tertiary alicyclic amines) is 1. The third-order valence-corrected chi connectivity index (χ3v) is 3.89. The minimum Gasteiger partial charge on any atom is -0.382 e. The second kappa shape index (κ2) is 5.25. The number of carbonyl (C=O) groups is 1. The van der Waals surface area contributed by atoms with Crippen LogP contribution in [0.3, 0.4) is 0 Å². The lowest BCUT2D eigenvalue weighted by molar-refractivity contribution is -0.0320. The van der Waals surface area contributed by atoms with Crippen molar-refractivity contribution in [3.05, 3.63) is 41.5 Å². The highest BCUT2D eigenvalue weighted by atomic mass is 16.3. The normalized spacial score (nSPS) is 22.3. The smallest absolute Gasteiger partial charge is 0.255 e. The summed E-state index contributed by atoms with van der Waals surface area (Å²) < 4.78 is 0. The molecular weight excluding hydrogens is 270 g/mol. The third kappa shape index (κ3) is 2.52. The fourth-order valence-electron chi connectivity index (χ4n) is 2.73. The molecule has 1 fully saturated rings. The van der Waals surface area contributed by atoms with Gasteiger partial charge in [0.25, 0.3) is 5.91 Å². The summed E-state index contributed by atoms with van der Waals surface area (Å²) in [5.74, 6) is -0.109. The lowest BCUT2D eigenvalue weighted by Gasteiger charge is -2.38. The molecule has 1 aliphatic rings. The highest BCUT2D eigenvalue weighted by molar-refractivity contribution is 5.95. The first-order valence-corrected chi connectivity index (χ1v) is 6.90. The summed E-state index contributed by atoms with van der Waals surface area (Å²) in [5.41, 5.74) is 0.597. The molecule has 21 heavy (non-hydrogen) atoms. The van der Waals surface area contributed by atoms with Crippen LogP contribution in [0, 0.1) is 6.92 Å². The van der Waals surface area contributed by atoms with Gasteiger partial charge in [-0.05, 0) is 31.9 Å². The number of pyridine rings is 1. The molecule has 0 bridgehead atoms. The highest BCUT2D eigenvalue weighted by Gasteiger charge is 2.39. The van der Waals surface area contributed by atoms with Crippen molar-refractivity contribution in [1.82, 2.24) is 25.3 Å². The number of aromatic nitrogens is 4. The fourth-order valence-corrected chi connectivity index (χ4v) is 2.73. The number of amides is 1. The van der Waals surface area contributed by atoms with E-state index in [4.69, 9.17) is 0 Å². The number of rotatable bonds is 2. The van der Waals surface area contributed by atoms with Crippen LogP contribution in [0.15, 0.2) is 24.5 Å². The average Bonchev–Trinajstić information content (AvgIpc) is 3.02. The average molecular weight is 287 g/mol. The Morgan fingerprint density at radius 3 is 3.10 bits per heavy atom. The molecule has 1 aliphatic heterocycles. The van der Waals surface area contributed by atoms with Crippen LogP contribution in [0.25, 0.3) is 0 Å². The van der Waals surface area contributed by atoms with E-state index in [0.717, 1.165) is 0 Å². The second-order valence-electron chi connectivity index (χ2n) is 5.35. The summed E-state index contributed by atoms with van der Waals surface area (Å²) in [6, 6.07) is 3.50. The van der Waals surface area contributed by atoms with Gasteiger partial charge in [0, 0.05) is 18.4 Å². The molecule has 7 heteroatoms. The number of nitrogens with one attached hydrogen (secondary N) is 1. The molecule has 2 N–H and O–H groups in total. The van der Waals surface area contributed by atoms with Crippen LogP contribution in [0.4, 0.5) is 0 Å². The van der Waals surface area contributed by atoms with Crippen LogP contribution < -0.4 is 0 Å². The SMILES string of the molecule is Cc1ncccc1C(=O)N1CCCC(O)(c2cn[nH]n2)C1. The minimum atomic E-state index is -1.14. The van der Waals surface area contributed by atoms with Gasteiger partial charge in [0.2, 0.25) is 0 Å². The van der Waals surface area contributed by atoms with E-state index in [1.165, 1.54) is 6.20 Å². The maximum atomic E-state index is 12.6. The molecule has 110 valence electrons. The molecule has 2 aromatic rings. The Bertz CT molecular complexity index is 643.